The number of hydrogen-bond donors (Lipinski definition) is 0. The monoisotopic (exact) mass is 121 g/mol. The quantitative estimate of drug-likeness (QED) is 0.551. The molecule has 1 aliphatic carbocycles. The summed E-state index contributed by atoms with van der Waals surface area (Å²) >= 11 is 0. The molecule has 0 bridgehead atoms. The van der Waals surface area contributed by atoms with Gasteiger partial charge in [-0.25, -0.2) is 0 Å². The zero-order chi connectivity index (χ0) is 6.27. The van der Waals surface area contributed by atoms with E-state index >= 15 is 0 Å². The van der Waals surface area contributed by atoms with Crippen LogP contribution >= 0.6 is 0 Å². The van der Waals surface area contributed by atoms with Gasteiger partial charge in [-0.1, -0.05) is 6.08 Å². The topological polar surface area (TPSA) is 30.7 Å². The fourth-order valence-corrected chi connectivity index (χ4v) is 0.817. The highest BCUT2D eigenvalue weighted by Crippen LogP contribution is 2.24. The molecule has 0 saturated carbocycles. The number of nitrogens with zero attached hydrogens (tertiary/aromatic N) is 3. The highest BCUT2D eigenvalue weighted by molar-refractivity contribution is 5.61. The first kappa shape index (κ1) is 4.73. The van der Waals surface area contributed by atoms with Gasteiger partial charge in [-0.05, 0) is 6.92 Å². The van der Waals surface area contributed by atoms with Gasteiger partial charge >= 0.3 is 0 Å². The number of aromatic nitrogens is 3. The van der Waals surface area contributed by atoms with Crippen LogP contribution in [0.15, 0.2) is 12.4 Å². The Labute approximate surface area is 53.0 Å². The van der Waals surface area contributed by atoms with Crippen molar-refractivity contribution in [3.63, 3.8) is 0 Å². The second-order valence-corrected chi connectivity index (χ2v) is 2.15. The Hall–Kier alpha value is -1.12. The lowest BCUT2D eigenvalue weighted by molar-refractivity contribution is 0.993. The summed E-state index contributed by atoms with van der Waals surface area (Å²) < 4.78 is 2.00. The van der Waals surface area contributed by atoms with Crippen LogP contribution in [0, 0.1) is 6.92 Å². The largest absolute Gasteiger partial charge is 0.290 e. The summed E-state index contributed by atoms with van der Waals surface area (Å²) in [7, 11) is 0. The number of rotatable bonds is 1. The molecule has 1 aromatic heterocycles. The predicted molar refractivity (Wildman–Crippen MR) is 33.6 cm³/mol. The molecule has 0 fully saturated rings. The number of hydrogen-bond acceptors (Lipinski definition) is 2. The molecule has 0 atom stereocenters. The van der Waals surface area contributed by atoms with Crippen molar-refractivity contribution in [2.75, 3.05) is 0 Å². The lowest BCUT2D eigenvalue weighted by atomic mass is 10.6. The molecular weight excluding hydrogens is 114 g/mol. The standard InChI is InChI=1S/C6H7N3/c1-5-8-7-4-9(5)6-2-3-6/h2,4H,3H2,1H3. The van der Waals surface area contributed by atoms with Crippen molar-refractivity contribution in [2.24, 2.45) is 0 Å². The van der Waals surface area contributed by atoms with Gasteiger partial charge in [0.15, 0.2) is 0 Å². The summed E-state index contributed by atoms with van der Waals surface area (Å²) in [6, 6.07) is 0. The van der Waals surface area contributed by atoms with E-state index in [0.29, 0.717) is 0 Å². The van der Waals surface area contributed by atoms with Crippen LogP contribution in [-0.2, 0) is 0 Å². The molecule has 46 valence electrons. The van der Waals surface area contributed by atoms with Crippen LogP contribution in [0.3, 0.4) is 0 Å². The molecule has 0 radical (unpaired) electrons. The average Bonchev–Trinajstić information content (AvgIpc) is 2.58. The maximum Gasteiger partial charge on any atom is 0.133 e. The van der Waals surface area contributed by atoms with E-state index in [4.69, 9.17) is 0 Å². The maximum absolute atomic E-state index is 3.85. The minimum atomic E-state index is 0.971. The molecule has 0 unspecified atom stereocenters. The lowest BCUT2D eigenvalue weighted by Crippen LogP contribution is -1.88. The highest BCUT2D eigenvalue weighted by Gasteiger charge is 2.11. The second-order valence-electron chi connectivity index (χ2n) is 2.15. The van der Waals surface area contributed by atoms with Gasteiger partial charge in [0.2, 0.25) is 0 Å². The molecule has 0 spiro atoms. The summed E-state index contributed by atoms with van der Waals surface area (Å²) in [4.78, 5) is 0. The average molecular weight is 121 g/mol. The highest BCUT2D eigenvalue weighted by atomic mass is 15.3. The molecule has 9 heavy (non-hydrogen) atoms. The lowest BCUT2D eigenvalue weighted by Gasteiger charge is -1.91. The summed E-state index contributed by atoms with van der Waals surface area (Å²) in [5.41, 5.74) is 1.32. The molecule has 0 saturated heterocycles. The first-order valence-electron chi connectivity index (χ1n) is 2.94. The summed E-state index contributed by atoms with van der Waals surface area (Å²) in [6.07, 6.45) is 4.99. The Morgan fingerprint density at radius 3 is 2.89 bits per heavy atom. The molecule has 3 heteroatoms. The molecule has 3 nitrogen and oxygen atoms in total. The van der Waals surface area contributed by atoms with Crippen molar-refractivity contribution in [3.8, 4) is 0 Å². The Morgan fingerprint density at radius 2 is 2.44 bits per heavy atom. The Kier molecular flexibility index (Phi) is 0.754. The Balaban J connectivity index is 2.47. The molecular formula is C6H7N3. The smallest absolute Gasteiger partial charge is 0.133 e. The summed E-state index contributed by atoms with van der Waals surface area (Å²) in [5.74, 6) is 0.971. The van der Waals surface area contributed by atoms with Crippen LogP contribution in [0.2, 0.25) is 0 Å². The van der Waals surface area contributed by atoms with Crippen LogP contribution in [0.5, 0.6) is 0 Å². The van der Waals surface area contributed by atoms with Gasteiger partial charge < -0.3 is 0 Å². The number of allylic oxidation sites excluding steroid dienone is 2. The van der Waals surface area contributed by atoms with Gasteiger partial charge in [-0.2, -0.15) is 0 Å². The van der Waals surface area contributed by atoms with Crippen molar-refractivity contribution in [1.82, 2.24) is 14.8 Å². The summed E-state index contributed by atoms with van der Waals surface area (Å²) in [5, 5.41) is 7.61. The van der Waals surface area contributed by atoms with Gasteiger partial charge in [0.05, 0.1) is 0 Å². The van der Waals surface area contributed by atoms with E-state index < -0.39 is 0 Å². The van der Waals surface area contributed by atoms with E-state index in [1.807, 2.05) is 11.5 Å². The minimum absolute atomic E-state index is 0.971. The molecule has 0 aliphatic heterocycles. The van der Waals surface area contributed by atoms with Gasteiger partial charge in [-0.15, -0.1) is 10.2 Å². The van der Waals surface area contributed by atoms with Crippen molar-refractivity contribution < 1.29 is 0 Å². The molecule has 0 amide bonds. The first-order valence-corrected chi connectivity index (χ1v) is 2.94. The van der Waals surface area contributed by atoms with Crippen LogP contribution in [0.1, 0.15) is 12.2 Å². The molecule has 1 heterocycles. The van der Waals surface area contributed by atoms with Gasteiger partial charge in [0.25, 0.3) is 0 Å². The van der Waals surface area contributed by atoms with Crippen LogP contribution < -0.4 is 0 Å². The zero-order valence-corrected chi connectivity index (χ0v) is 5.20. The van der Waals surface area contributed by atoms with E-state index in [1.54, 1.807) is 6.33 Å². The third kappa shape index (κ3) is 0.650. The van der Waals surface area contributed by atoms with Gasteiger partial charge in [0, 0.05) is 12.1 Å². The minimum Gasteiger partial charge on any atom is -0.290 e. The molecule has 1 aromatic rings. The zero-order valence-electron chi connectivity index (χ0n) is 5.20. The SMILES string of the molecule is Cc1nncn1C1=CC1. The summed E-state index contributed by atoms with van der Waals surface area (Å²) in [6.45, 7) is 1.95. The second kappa shape index (κ2) is 1.43. The molecule has 1 aliphatic rings. The van der Waals surface area contributed by atoms with Gasteiger partial charge in [0.1, 0.15) is 12.2 Å². The van der Waals surface area contributed by atoms with Gasteiger partial charge in [-0.3, -0.25) is 4.57 Å². The molecule has 0 N–H and O–H groups in total. The number of aryl methyl sites for hydroxylation is 1. The first-order chi connectivity index (χ1) is 4.38. The van der Waals surface area contributed by atoms with E-state index in [0.717, 1.165) is 12.2 Å². The van der Waals surface area contributed by atoms with E-state index in [-0.39, 0.29) is 0 Å². The van der Waals surface area contributed by atoms with Crippen LogP contribution in [-0.4, -0.2) is 14.8 Å². The van der Waals surface area contributed by atoms with Crippen molar-refractivity contribution in [1.29, 1.82) is 0 Å². The fraction of sp³-hybridized carbons (Fsp3) is 0.333. The maximum atomic E-state index is 3.85. The Bertz CT molecular complexity index is 259. The van der Waals surface area contributed by atoms with Crippen LogP contribution in [0.4, 0.5) is 0 Å². The van der Waals surface area contributed by atoms with Crippen molar-refractivity contribution in [2.45, 2.75) is 13.3 Å². The van der Waals surface area contributed by atoms with Crippen molar-refractivity contribution in [3.05, 3.63) is 18.2 Å². The van der Waals surface area contributed by atoms with E-state index in [2.05, 4.69) is 16.3 Å². The van der Waals surface area contributed by atoms with E-state index in [1.165, 1.54) is 5.70 Å². The third-order valence-electron chi connectivity index (χ3n) is 1.41. The predicted octanol–water partition coefficient (Wildman–Crippen LogP) is 0.831. The van der Waals surface area contributed by atoms with Crippen LogP contribution in [0.25, 0.3) is 5.70 Å². The fourth-order valence-electron chi connectivity index (χ4n) is 0.817. The molecule has 2 rings (SSSR count). The molecule has 0 aromatic carbocycles. The third-order valence-corrected chi connectivity index (χ3v) is 1.41. The van der Waals surface area contributed by atoms with E-state index in [9.17, 15) is 0 Å². The normalized spacial score (nSPS) is 15.4. The Morgan fingerprint density at radius 1 is 1.67 bits per heavy atom. The van der Waals surface area contributed by atoms with Crippen molar-refractivity contribution >= 4 is 5.70 Å².